The molecule has 2 heterocycles. The number of aromatic nitrogens is 2. The van der Waals surface area contributed by atoms with E-state index in [2.05, 4.69) is 15.3 Å². The molecule has 6 nitrogen and oxygen atoms in total. The molecule has 1 aromatic heterocycles. The van der Waals surface area contributed by atoms with E-state index < -0.39 is 11.8 Å². The number of nitrogens with one attached hydrogen (secondary N) is 1. The Kier molecular flexibility index (Phi) is 5.53. The van der Waals surface area contributed by atoms with E-state index in [0.29, 0.717) is 30.1 Å². The van der Waals surface area contributed by atoms with Gasteiger partial charge in [0.05, 0.1) is 12.2 Å². The first-order valence-corrected chi connectivity index (χ1v) is 9.70. The predicted molar refractivity (Wildman–Crippen MR) is 112 cm³/mol. The van der Waals surface area contributed by atoms with Crippen molar-refractivity contribution in [1.82, 2.24) is 9.55 Å². The zero-order valence-electron chi connectivity index (χ0n) is 15.6. The van der Waals surface area contributed by atoms with Gasteiger partial charge in [-0.15, -0.1) is 0 Å². The highest BCUT2D eigenvalue weighted by Crippen LogP contribution is 2.27. The fourth-order valence-electron chi connectivity index (χ4n) is 3.27. The number of benzene rings is 2. The van der Waals surface area contributed by atoms with Crippen LogP contribution in [0, 0.1) is 5.92 Å². The van der Waals surface area contributed by atoms with Gasteiger partial charge in [-0.1, -0.05) is 48.0 Å². The van der Waals surface area contributed by atoms with Crippen molar-refractivity contribution in [2.45, 2.75) is 19.4 Å². The van der Waals surface area contributed by atoms with E-state index in [1.807, 2.05) is 41.0 Å². The number of carbonyl (C=O) groups is 2. The van der Waals surface area contributed by atoms with Crippen molar-refractivity contribution < 1.29 is 9.59 Å². The van der Waals surface area contributed by atoms with Crippen molar-refractivity contribution in [2.24, 2.45) is 10.9 Å². The number of imidazole rings is 1. The number of hydrogen-bond donors (Lipinski definition) is 1. The van der Waals surface area contributed by atoms with Crippen LogP contribution in [0.1, 0.15) is 28.0 Å². The maximum Gasteiger partial charge on any atom is 0.296 e. The van der Waals surface area contributed by atoms with Gasteiger partial charge in [-0.25, -0.2) is 9.98 Å². The number of anilines is 1. The third-order valence-corrected chi connectivity index (χ3v) is 5.06. The molecule has 4 rings (SSSR count). The van der Waals surface area contributed by atoms with Crippen LogP contribution in [0.5, 0.6) is 0 Å². The van der Waals surface area contributed by atoms with Gasteiger partial charge < -0.3 is 9.88 Å². The molecular weight excluding hydrogens is 388 g/mol. The van der Waals surface area contributed by atoms with Crippen LogP contribution in [0.2, 0.25) is 5.02 Å². The molecule has 146 valence electrons. The Morgan fingerprint density at radius 2 is 2.10 bits per heavy atom. The Bertz CT molecular complexity index is 1080. The fourth-order valence-corrected chi connectivity index (χ4v) is 3.44. The highest BCUT2D eigenvalue weighted by molar-refractivity contribution is 6.31. The topological polar surface area (TPSA) is 76.3 Å². The van der Waals surface area contributed by atoms with Gasteiger partial charge >= 0.3 is 0 Å². The number of fused-ring (bicyclic) bond motifs is 1. The second-order valence-electron chi connectivity index (χ2n) is 6.94. The summed E-state index contributed by atoms with van der Waals surface area (Å²) in [4.78, 5) is 33.0. The number of aliphatic imine (C=N–C) groups is 1. The lowest BCUT2D eigenvalue weighted by molar-refractivity contribution is -0.117. The maximum absolute atomic E-state index is 12.5. The van der Waals surface area contributed by atoms with Gasteiger partial charge in [-0.05, 0) is 36.1 Å². The van der Waals surface area contributed by atoms with Crippen molar-refractivity contribution in [2.75, 3.05) is 5.32 Å². The summed E-state index contributed by atoms with van der Waals surface area (Å²) in [5, 5.41) is 3.43. The van der Waals surface area contributed by atoms with E-state index in [-0.39, 0.29) is 11.6 Å². The molecule has 7 heteroatoms. The van der Waals surface area contributed by atoms with E-state index in [1.165, 1.54) is 6.21 Å². The van der Waals surface area contributed by atoms with Crippen molar-refractivity contribution >= 4 is 35.3 Å². The van der Waals surface area contributed by atoms with Gasteiger partial charge in [-0.2, -0.15) is 0 Å². The summed E-state index contributed by atoms with van der Waals surface area (Å²) in [6.45, 7) is 0.622. The molecule has 0 fully saturated rings. The monoisotopic (exact) mass is 406 g/mol. The standard InChI is InChI=1S/C22H19ClN4O2/c23-18-9-8-16-6-7-17(21(28)26-19(16)10-18)11-24-22(29)20-13-27(14-25-20)12-15-4-2-1-3-5-15/h1-5,8-11,13-14,17H,6-7,12H2,(H,26,28)/b24-11+. The number of rotatable bonds is 4. The van der Waals surface area contributed by atoms with Crippen LogP contribution in [0.25, 0.3) is 0 Å². The molecule has 0 bridgehead atoms. The Morgan fingerprint density at radius 1 is 1.28 bits per heavy atom. The average Bonchev–Trinajstić information content (AvgIpc) is 3.12. The molecule has 2 amide bonds. The van der Waals surface area contributed by atoms with Crippen LogP contribution in [0.15, 0.2) is 66.0 Å². The summed E-state index contributed by atoms with van der Waals surface area (Å²) in [6.07, 6.45) is 5.95. The molecule has 3 aromatic rings. The summed E-state index contributed by atoms with van der Waals surface area (Å²) >= 11 is 6.01. The maximum atomic E-state index is 12.5. The Morgan fingerprint density at radius 3 is 2.93 bits per heavy atom. The van der Waals surface area contributed by atoms with Crippen molar-refractivity contribution in [3.63, 3.8) is 0 Å². The van der Waals surface area contributed by atoms with E-state index >= 15 is 0 Å². The number of hydrogen-bond acceptors (Lipinski definition) is 3. The van der Waals surface area contributed by atoms with E-state index in [9.17, 15) is 9.59 Å². The summed E-state index contributed by atoms with van der Waals surface area (Å²) in [6, 6.07) is 15.3. The number of nitrogens with zero attached hydrogens (tertiary/aromatic N) is 3. The molecule has 0 saturated carbocycles. The van der Waals surface area contributed by atoms with Crippen molar-refractivity contribution in [3.05, 3.63) is 82.9 Å². The number of halogens is 1. The smallest absolute Gasteiger partial charge is 0.296 e. The normalized spacial score (nSPS) is 16.3. The third-order valence-electron chi connectivity index (χ3n) is 4.82. The summed E-state index contributed by atoms with van der Waals surface area (Å²) in [5.74, 6) is -1.15. The first-order chi connectivity index (χ1) is 14.1. The first kappa shape index (κ1) is 19.1. The quantitative estimate of drug-likeness (QED) is 0.665. The van der Waals surface area contributed by atoms with Gasteiger partial charge in [0, 0.05) is 29.7 Å². The molecule has 0 saturated heterocycles. The van der Waals surface area contributed by atoms with Gasteiger partial charge in [0.2, 0.25) is 5.91 Å². The van der Waals surface area contributed by atoms with E-state index in [0.717, 1.165) is 11.1 Å². The molecule has 1 aliphatic heterocycles. The van der Waals surface area contributed by atoms with E-state index in [4.69, 9.17) is 11.6 Å². The van der Waals surface area contributed by atoms with Crippen molar-refractivity contribution in [1.29, 1.82) is 0 Å². The minimum atomic E-state index is -0.489. The molecule has 1 aliphatic rings. The molecule has 0 spiro atoms. The minimum absolute atomic E-state index is 0.197. The predicted octanol–water partition coefficient (Wildman–Crippen LogP) is 4.00. The average molecular weight is 407 g/mol. The first-order valence-electron chi connectivity index (χ1n) is 9.32. The molecule has 1 unspecified atom stereocenters. The van der Waals surface area contributed by atoms with E-state index in [1.54, 1.807) is 24.7 Å². The van der Waals surface area contributed by atoms with Crippen LogP contribution in [0.4, 0.5) is 5.69 Å². The molecule has 29 heavy (non-hydrogen) atoms. The second-order valence-corrected chi connectivity index (χ2v) is 7.37. The highest BCUT2D eigenvalue weighted by atomic mass is 35.5. The van der Waals surface area contributed by atoms with Gasteiger partial charge in [-0.3, -0.25) is 9.59 Å². The molecule has 1 N–H and O–H groups in total. The lowest BCUT2D eigenvalue weighted by Gasteiger charge is -2.07. The van der Waals surface area contributed by atoms with Crippen LogP contribution in [-0.4, -0.2) is 27.6 Å². The van der Waals surface area contributed by atoms with Crippen LogP contribution in [0.3, 0.4) is 0 Å². The number of carbonyl (C=O) groups excluding carboxylic acids is 2. The number of amides is 2. The minimum Gasteiger partial charge on any atom is -0.332 e. The largest absolute Gasteiger partial charge is 0.332 e. The van der Waals surface area contributed by atoms with Crippen molar-refractivity contribution in [3.8, 4) is 0 Å². The second kappa shape index (κ2) is 8.41. The van der Waals surface area contributed by atoms with Gasteiger partial charge in [0.1, 0.15) is 5.69 Å². The Hall–Kier alpha value is -3.25. The molecular formula is C22H19ClN4O2. The SMILES string of the molecule is O=C(/N=C/C1CCc2ccc(Cl)cc2NC1=O)c1cn(Cc2ccccc2)cn1. The highest BCUT2D eigenvalue weighted by Gasteiger charge is 2.22. The van der Waals surface area contributed by atoms with Gasteiger partial charge in [0.15, 0.2) is 0 Å². The lowest BCUT2D eigenvalue weighted by atomic mass is 10.0. The van der Waals surface area contributed by atoms with Crippen LogP contribution in [-0.2, 0) is 17.8 Å². The van der Waals surface area contributed by atoms with Crippen LogP contribution >= 0.6 is 11.6 Å². The molecule has 0 radical (unpaired) electrons. The zero-order chi connectivity index (χ0) is 20.2. The third kappa shape index (κ3) is 4.60. The molecule has 2 aromatic carbocycles. The number of aryl methyl sites for hydroxylation is 1. The molecule has 0 aliphatic carbocycles. The lowest BCUT2D eigenvalue weighted by Crippen LogP contribution is -2.22. The Balaban J connectivity index is 1.41. The van der Waals surface area contributed by atoms with Gasteiger partial charge in [0.25, 0.3) is 5.91 Å². The van der Waals surface area contributed by atoms with Crippen LogP contribution < -0.4 is 5.32 Å². The fraction of sp³-hybridized carbons (Fsp3) is 0.182. The summed E-state index contributed by atoms with van der Waals surface area (Å²) in [7, 11) is 0. The Labute approximate surface area is 173 Å². The zero-order valence-corrected chi connectivity index (χ0v) is 16.3. The summed E-state index contributed by atoms with van der Waals surface area (Å²) < 4.78 is 1.83. The molecule has 1 atom stereocenters. The summed E-state index contributed by atoms with van der Waals surface area (Å²) in [5.41, 5.74) is 3.09.